The van der Waals surface area contributed by atoms with Crippen LogP contribution in [0.3, 0.4) is 0 Å². The molecule has 2 rings (SSSR count). The van der Waals surface area contributed by atoms with Gasteiger partial charge in [0.1, 0.15) is 6.10 Å². The maximum atomic E-state index is 9.06. The molecule has 0 aliphatic carbocycles. The Morgan fingerprint density at radius 1 is 1.19 bits per heavy atom. The highest BCUT2D eigenvalue weighted by Crippen LogP contribution is 2.23. The Labute approximate surface area is 159 Å². The molecule has 149 valence electrons. The molecule has 1 N–H and O–H groups in total. The van der Waals surface area contributed by atoms with Crippen LogP contribution in [0, 0.1) is 0 Å². The van der Waals surface area contributed by atoms with Gasteiger partial charge in [0.2, 0.25) is 0 Å². The number of aliphatic hydroxyl groups excluding tert-OH is 1. The van der Waals surface area contributed by atoms with Crippen LogP contribution < -0.4 is 0 Å². The fraction of sp³-hybridized carbons (Fsp3) is 0.684. The van der Waals surface area contributed by atoms with E-state index in [2.05, 4.69) is 31.2 Å². The molecule has 2 unspecified atom stereocenters. The summed E-state index contributed by atoms with van der Waals surface area (Å²) in [5.41, 5.74) is 2.75. The number of hydrogen-bond acceptors (Lipinski definition) is 6. The van der Waals surface area contributed by atoms with Gasteiger partial charge in [-0.25, -0.2) is 0 Å². The standard InChI is InChI=1S/C16H24O3.C3H9O3Si/c1-13(8-9-17)16-7-3-2-5-14(16)6-4-10-18-11-15-12-19-15;1-4-7(5-2)6-3/h2-3,5,7,13,15,17H,4,6,8-12H2,1H3;1-3H3. The molecule has 26 heavy (non-hydrogen) atoms. The lowest BCUT2D eigenvalue weighted by molar-refractivity contribution is 0.114. The molecule has 1 aromatic carbocycles. The van der Waals surface area contributed by atoms with Crippen LogP contribution in [-0.4, -0.2) is 68.5 Å². The Hall–Kier alpha value is -0.803. The first-order chi connectivity index (χ1) is 12.7. The van der Waals surface area contributed by atoms with Crippen molar-refractivity contribution < 1.29 is 27.9 Å². The van der Waals surface area contributed by atoms with Crippen LogP contribution in [-0.2, 0) is 29.2 Å². The van der Waals surface area contributed by atoms with Crippen LogP contribution in [0.4, 0.5) is 0 Å². The number of rotatable bonds is 12. The van der Waals surface area contributed by atoms with E-state index in [1.807, 2.05) is 0 Å². The fourth-order valence-electron chi connectivity index (χ4n) is 2.59. The summed E-state index contributed by atoms with van der Waals surface area (Å²) in [6, 6.07) is 8.53. The maximum absolute atomic E-state index is 9.06. The van der Waals surface area contributed by atoms with Crippen LogP contribution in [0.15, 0.2) is 24.3 Å². The van der Waals surface area contributed by atoms with Gasteiger partial charge < -0.3 is 27.9 Å². The summed E-state index contributed by atoms with van der Waals surface area (Å²) in [6.07, 6.45) is 3.26. The van der Waals surface area contributed by atoms with Gasteiger partial charge in [-0.3, -0.25) is 0 Å². The van der Waals surface area contributed by atoms with Gasteiger partial charge in [-0.1, -0.05) is 31.2 Å². The number of hydrogen-bond donors (Lipinski definition) is 1. The Morgan fingerprint density at radius 2 is 1.85 bits per heavy atom. The van der Waals surface area contributed by atoms with E-state index in [1.54, 1.807) is 21.3 Å². The molecular formula is C19H33O6Si. The van der Waals surface area contributed by atoms with E-state index >= 15 is 0 Å². The van der Waals surface area contributed by atoms with Crippen LogP contribution in [0.2, 0.25) is 0 Å². The van der Waals surface area contributed by atoms with Crippen molar-refractivity contribution in [1.82, 2.24) is 0 Å². The molecule has 1 heterocycles. The topological polar surface area (TPSA) is 69.7 Å². The molecule has 1 aliphatic heterocycles. The van der Waals surface area contributed by atoms with Gasteiger partial charge in [-0.2, -0.15) is 0 Å². The number of ether oxygens (including phenoxy) is 2. The first-order valence-electron chi connectivity index (χ1n) is 9.03. The lowest BCUT2D eigenvalue weighted by Crippen LogP contribution is -2.21. The number of aryl methyl sites for hydroxylation is 1. The molecule has 6 nitrogen and oxygen atoms in total. The highest BCUT2D eigenvalue weighted by atomic mass is 28.3. The normalized spacial score (nSPS) is 16.9. The minimum absolute atomic E-state index is 0.250. The van der Waals surface area contributed by atoms with E-state index < -0.39 is 9.53 Å². The zero-order valence-corrected chi connectivity index (χ0v) is 17.4. The average Bonchev–Trinajstić information content (AvgIpc) is 3.48. The SMILES string of the molecule is CC(CCO)c1ccccc1CCCOCC1CO1.CO[Si](OC)OC. The van der Waals surface area contributed by atoms with Gasteiger partial charge >= 0.3 is 9.53 Å². The molecular weight excluding hydrogens is 352 g/mol. The second-order valence-corrected chi connectivity index (χ2v) is 7.83. The second-order valence-electron chi connectivity index (χ2n) is 6.11. The molecule has 1 fully saturated rings. The van der Waals surface area contributed by atoms with Gasteiger partial charge in [0.25, 0.3) is 0 Å². The molecule has 1 aromatic rings. The third-order valence-electron chi connectivity index (χ3n) is 4.09. The van der Waals surface area contributed by atoms with Gasteiger partial charge in [-0.05, 0) is 36.3 Å². The van der Waals surface area contributed by atoms with Crippen LogP contribution >= 0.6 is 0 Å². The smallest absolute Gasteiger partial charge is 0.396 e. The van der Waals surface area contributed by atoms with E-state index in [0.717, 1.165) is 39.1 Å². The van der Waals surface area contributed by atoms with E-state index in [-0.39, 0.29) is 6.61 Å². The van der Waals surface area contributed by atoms with Gasteiger partial charge in [-0.15, -0.1) is 0 Å². The fourth-order valence-corrected chi connectivity index (χ4v) is 3.09. The molecule has 0 aromatic heterocycles. The van der Waals surface area contributed by atoms with Gasteiger partial charge in [0.05, 0.1) is 13.2 Å². The van der Waals surface area contributed by atoms with Crippen LogP contribution in [0.5, 0.6) is 0 Å². The summed E-state index contributed by atoms with van der Waals surface area (Å²) in [4.78, 5) is 0. The van der Waals surface area contributed by atoms with Crippen LogP contribution in [0.1, 0.15) is 36.8 Å². The largest absolute Gasteiger partial charge is 0.576 e. The van der Waals surface area contributed by atoms with Gasteiger partial charge in [0, 0.05) is 34.5 Å². The summed E-state index contributed by atoms with van der Waals surface area (Å²) >= 11 is 0. The summed E-state index contributed by atoms with van der Waals surface area (Å²) in [6.45, 7) is 4.82. The minimum Gasteiger partial charge on any atom is -0.396 e. The van der Waals surface area contributed by atoms with Crippen molar-refractivity contribution in [2.75, 3.05) is 47.8 Å². The highest BCUT2D eigenvalue weighted by Gasteiger charge is 2.22. The molecule has 0 spiro atoms. The van der Waals surface area contributed by atoms with Crippen molar-refractivity contribution in [2.45, 2.75) is 38.2 Å². The van der Waals surface area contributed by atoms with Crippen molar-refractivity contribution >= 4 is 9.53 Å². The molecule has 1 radical (unpaired) electrons. The molecule has 0 saturated carbocycles. The third-order valence-corrected chi connectivity index (χ3v) is 5.09. The predicted molar refractivity (Wildman–Crippen MR) is 102 cm³/mol. The summed E-state index contributed by atoms with van der Waals surface area (Å²) in [5, 5.41) is 9.06. The maximum Gasteiger partial charge on any atom is 0.576 e. The Bertz CT molecular complexity index is 460. The Balaban J connectivity index is 0.000000412. The minimum atomic E-state index is -1.36. The number of benzene rings is 1. The second kappa shape index (κ2) is 14.3. The monoisotopic (exact) mass is 385 g/mol. The molecule has 1 saturated heterocycles. The Kier molecular flexibility index (Phi) is 12.8. The summed E-state index contributed by atoms with van der Waals surface area (Å²) < 4.78 is 24.8. The van der Waals surface area contributed by atoms with E-state index in [9.17, 15) is 0 Å². The predicted octanol–water partition coefficient (Wildman–Crippen LogP) is 2.43. The molecule has 1 aliphatic rings. The molecule has 7 heteroatoms. The zero-order valence-electron chi connectivity index (χ0n) is 16.4. The lowest BCUT2D eigenvalue weighted by Gasteiger charge is -2.15. The van der Waals surface area contributed by atoms with Crippen LogP contribution in [0.25, 0.3) is 0 Å². The van der Waals surface area contributed by atoms with E-state index in [0.29, 0.717) is 12.0 Å². The number of aliphatic hydroxyl groups is 1. The van der Waals surface area contributed by atoms with Gasteiger partial charge in [0.15, 0.2) is 0 Å². The van der Waals surface area contributed by atoms with E-state index in [1.165, 1.54) is 11.1 Å². The van der Waals surface area contributed by atoms with Crippen molar-refractivity contribution in [3.63, 3.8) is 0 Å². The number of epoxide rings is 1. The van der Waals surface area contributed by atoms with Crippen molar-refractivity contribution in [1.29, 1.82) is 0 Å². The molecule has 0 amide bonds. The lowest BCUT2D eigenvalue weighted by atomic mass is 9.91. The third kappa shape index (κ3) is 9.77. The molecule has 0 bridgehead atoms. The highest BCUT2D eigenvalue weighted by molar-refractivity contribution is 6.36. The van der Waals surface area contributed by atoms with Crippen molar-refractivity contribution in [2.24, 2.45) is 0 Å². The van der Waals surface area contributed by atoms with Crippen molar-refractivity contribution in [3.8, 4) is 0 Å². The molecule has 2 atom stereocenters. The zero-order chi connectivity index (χ0) is 19.2. The van der Waals surface area contributed by atoms with E-state index in [4.69, 9.17) is 27.9 Å². The van der Waals surface area contributed by atoms with Crippen molar-refractivity contribution in [3.05, 3.63) is 35.4 Å². The summed E-state index contributed by atoms with van der Waals surface area (Å²) in [5.74, 6) is 0.419. The quantitative estimate of drug-likeness (QED) is 0.339. The average molecular weight is 386 g/mol. The first kappa shape index (κ1) is 23.2. The Morgan fingerprint density at radius 3 is 2.38 bits per heavy atom. The summed E-state index contributed by atoms with van der Waals surface area (Å²) in [7, 11) is 3.31. The first-order valence-corrected chi connectivity index (χ1v) is 10.3.